The zero-order chi connectivity index (χ0) is 23.4. The van der Waals surface area contributed by atoms with E-state index >= 15 is 0 Å². The van der Waals surface area contributed by atoms with E-state index in [4.69, 9.17) is 9.47 Å². The summed E-state index contributed by atoms with van der Waals surface area (Å²) in [6, 6.07) is 8.54. The predicted octanol–water partition coefficient (Wildman–Crippen LogP) is 3.27. The average Bonchev–Trinajstić information content (AvgIpc) is 2.95. The molecule has 170 valence electrons. The molecule has 2 N–H and O–H groups in total. The first-order chi connectivity index (χ1) is 14.4. The third kappa shape index (κ3) is 6.40. The van der Waals surface area contributed by atoms with Gasteiger partial charge in [0.1, 0.15) is 6.04 Å². The molecule has 1 aromatic rings. The molecular weight excluding hydrogens is 396 g/mol. The third-order valence-electron chi connectivity index (χ3n) is 5.19. The first kappa shape index (κ1) is 24.6. The number of carbonyl (C=O) groups excluding carboxylic acids is 3. The van der Waals surface area contributed by atoms with Gasteiger partial charge in [-0.25, -0.2) is 4.79 Å². The first-order valence-electron chi connectivity index (χ1n) is 10.5. The number of carbonyl (C=O) groups is 3. The van der Waals surface area contributed by atoms with Crippen molar-refractivity contribution < 1.29 is 23.9 Å². The molecule has 1 heterocycles. The van der Waals surface area contributed by atoms with Crippen LogP contribution in [-0.4, -0.2) is 35.7 Å². The van der Waals surface area contributed by atoms with Gasteiger partial charge in [-0.3, -0.25) is 9.59 Å². The topological polar surface area (TPSA) is 93.7 Å². The van der Waals surface area contributed by atoms with E-state index in [0.717, 1.165) is 5.56 Å². The SMILES string of the molecule is C=CC[C@H](C(=O)N[C@H](C(=O)N[C@H](C)c1ccccc1)C(C)(C)C)[C@@H]1OC(C)(C)OC1=O. The van der Waals surface area contributed by atoms with Gasteiger partial charge < -0.3 is 20.1 Å². The van der Waals surface area contributed by atoms with Crippen LogP contribution in [0, 0.1) is 11.3 Å². The summed E-state index contributed by atoms with van der Waals surface area (Å²) in [5, 5.41) is 5.81. The van der Waals surface area contributed by atoms with Crippen LogP contribution in [0.5, 0.6) is 0 Å². The van der Waals surface area contributed by atoms with Crippen LogP contribution in [0.15, 0.2) is 43.0 Å². The molecule has 0 aliphatic carbocycles. The Kier molecular flexibility index (Phi) is 7.65. The molecule has 2 amide bonds. The monoisotopic (exact) mass is 430 g/mol. The lowest BCUT2D eigenvalue weighted by Crippen LogP contribution is -2.56. The fourth-order valence-corrected chi connectivity index (χ4v) is 3.52. The van der Waals surface area contributed by atoms with Crippen molar-refractivity contribution in [2.75, 3.05) is 0 Å². The molecule has 0 radical (unpaired) electrons. The van der Waals surface area contributed by atoms with Crippen molar-refractivity contribution in [3.05, 3.63) is 48.6 Å². The molecule has 4 atom stereocenters. The summed E-state index contributed by atoms with van der Waals surface area (Å²) in [4.78, 5) is 38.6. The highest BCUT2D eigenvalue weighted by Gasteiger charge is 2.48. The quantitative estimate of drug-likeness (QED) is 0.488. The summed E-state index contributed by atoms with van der Waals surface area (Å²) in [5.41, 5.74) is 0.397. The van der Waals surface area contributed by atoms with Gasteiger partial charge in [0, 0.05) is 13.8 Å². The van der Waals surface area contributed by atoms with Crippen molar-refractivity contribution in [2.24, 2.45) is 11.3 Å². The van der Waals surface area contributed by atoms with Gasteiger partial charge in [-0.1, -0.05) is 57.2 Å². The van der Waals surface area contributed by atoms with Gasteiger partial charge in [0.25, 0.3) is 0 Å². The molecule has 1 fully saturated rings. The Morgan fingerprint density at radius 3 is 2.26 bits per heavy atom. The van der Waals surface area contributed by atoms with Gasteiger partial charge >= 0.3 is 5.97 Å². The van der Waals surface area contributed by atoms with Crippen LogP contribution in [0.25, 0.3) is 0 Å². The van der Waals surface area contributed by atoms with Crippen LogP contribution >= 0.6 is 0 Å². The molecule has 31 heavy (non-hydrogen) atoms. The highest BCUT2D eigenvalue weighted by Crippen LogP contribution is 2.30. The maximum atomic E-state index is 13.2. The maximum Gasteiger partial charge on any atom is 0.338 e. The Bertz CT molecular complexity index is 813. The summed E-state index contributed by atoms with van der Waals surface area (Å²) in [6.45, 7) is 14.4. The largest absolute Gasteiger partial charge is 0.432 e. The zero-order valence-corrected chi connectivity index (χ0v) is 19.2. The Labute approximate surface area is 184 Å². The Morgan fingerprint density at radius 2 is 1.77 bits per heavy atom. The lowest BCUT2D eigenvalue weighted by atomic mass is 9.85. The number of cyclic esters (lactones) is 1. The number of allylic oxidation sites excluding steroid dienone is 1. The van der Waals surface area contributed by atoms with Crippen LogP contribution in [0.1, 0.15) is 59.6 Å². The molecule has 0 bridgehead atoms. The van der Waals surface area contributed by atoms with E-state index in [1.807, 2.05) is 58.0 Å². The normalized spacial score (nSPS) is 20.8. The standard InChI is InChI=1S/C24H34N2O5/c1-8-12-17(18-22(29)31-24(6,7)30-18)20(27)26-19(23(3,4)5)21(28)25-15(2)16-13-10-9-11-14-16/h8-11,13-15,17-19H,1,12H2,2-7H3,(H,25,28)(H,26,27)/t15-,17+,18+,19-/m1/s1. The number of esters is 1. The zero-order valence-electron chi connectivity index (χ0n) is 19.2. The Morgan fingerprint density at radius 1 is 1.16 bits per heavy atom. The van der Waals surface area contributed by atoms with E-state index in [9.17, 15) is 14.4 Å². The van der Waals surface area contributed by atoms with Crippen molar-refractivity contribution in [1.82, 2.24) is 10.6 Å². The summed E-state index contributed by atoms with van der Waals surface area (Å²) in [5.74, 6) is -3.31. The lowest BCUT2D eigenvalue weighted by molar-refractivity contribution is -0.162. The minimum absolute atomic E-state index is 0.209. The molecular formula is C24H34N2O5. The highest BCUT2D eigenvalue weighted by atomic mass is 16.8. The second-order valence-corrected chi connectivity index (χ2v) is 9.44. The molecule has 1 saturated heterocycles. The summed E-state index contributed by atoms with van der Waals surface area (Å²) < 4.78 is 10.9. The van der Waals surface area contributed by atoms with E-state index in [-0.39, 0.29) is 18.4 Å². The molecule has 7 nitrogen and oxygen atoms in total. The lowest BCUT2D eigenvalue weighted by Gasteiger charge is -2.33. The molecule has 0 aromatic heterocycles. The number of nitrogens with one attached hydrogen (secondary N) is 2. The maximum absolute atomic E-state index is 13.2. The second-order valence-electron chi connectivity index (χ2n) is 9.44. The van der Waals surface area contributed by atoms with Crippen LogP contribution in [0.4, 0.5) is 0 Å². The molecule has 1 aliphatic heterocycles. The molecule has 0 unspecified atom stereocenters. The van der Waals surface area contributed by atoms with Crippen molar-refractivity contribution >= 4 is 17.8 Å². The van der Waals surface area contributed by atoms with E-state index < -0.39 is 41.1 Å². The van der Waals surface area contributed by atoms with Crippen LogP contribution in [0.3, 0.4) is 0 Å². The van der Waals surface area contributed by atoms with Gasteiger partial charge in [-0.2, -0.15) is 0 Å². The number of amides is 2. The van der Waals surface area contributed by atoms with E-state index in [2.05, 4.69) is 17.2 Å². The van der Waals surface area contributed by atoms with Crippen LogP contribution in [0.2, 0.25) is 0 Å². The minimum atomic E-state index is -1.10. The molecule has 0 saturated carbocycles. The smallest absolute Gasteiger partial charge is 0.338 e. The van der Waals surface area contributed by atoms with Gasteiger partial charge in [-0.15, -0.1) is 6.58 Å². The number of hydrogen-bond acceptors (Lipinski definition) is 5. The average molecular weight is 431 g/mol. The second kappa shape index (κ2) is 9.64. The number of benzene rings is 1. The first-order valence-corrected chi connectivity index (χ1v) is 10.5. The highest BCUT2D eigenvalue weighted by molar-refractivity contribution is 5.92. The van der Waals surface area contributed by atoms with Gasteiger partial charge in [0.2, 0.25) is 17.6 Å². The van der Waals surface area contributed by atoms with Crippen LogP contribution < -0.4 is 10.6 Å². The minimum Gasteiger partial charge on any atom is -0.432 e. The fraction of sp³-hybridized carbons (Fsp3) is 0.542. The van der Waals surface area contributed by atoms with Gasteiger partial charge in [0.15, 0.2) is 6.10 Å². The molecule has 2 rings (SSSR count). The van der Waals surface area contributed by atoms with E-state index in [1.165, 1.54) is 0 Å². The van der Waals surface area contributed by atoms with Crippen molar-refractivity contribution in [1.29, 1.82) is 0 Å². The van der Waals surface area contributed by atoms with E-state index in [0.29, 0.717) is 0 Å². The third-order valence-corrected chi connectivity index (χ3v) is 5.19. The molecule has 1 aromatic carbocycles. The van der Waals surface area contributed by atoms with Crippen molar-refractivity contribution in [3.8, 4) is 0 Å². The predicted molar refractivity (Wildman–Crippen MR) is 118 cm³/mol. The van der Waals surface area contributed by atoms with Gasteiger partial charge in [-0.05, 0) is 24.3 Å². The molecule has 1 aliphatic rings. The van der Waals surface area contributed by atoms with Crippen molar-refractivity contribution in [2.45, 2.75) is 71.9 Å². The summed E-state index contributed by atoms with van der Waals surface area (Å²) >= 11 is 0. The summed E-state index contributed by atoms with van der Waals surface area (Å²) in [7, 11) is 0. The van der Waals surface area contributed by atoms with E-state index in [1.54, 1.807) is 19.9 Å². The number of hydrogen-bond donors (Lipinski definition) is 2. The van der Waals surface area contributed by atoms with Crippen LogP contribution in [-0.2, 0) is 23.9 Å². The Balaban J connectivity index is 2.18. The number of rotatable bonds is 8. The fourth-order valence-electron chi connectivity index (χ4n) is 3.52. The number of ether oxygens (including phenoxy) is 2. The molecule has 7 heteroatoms. The summed E-state index contributed by atoms with van der Waals surface area (Å²) in [6.07, 6.45) is 0.705. The van der Waals surface area contributed by atoms with Gasteiger partial charge in [0.05, 0.1) is 12.0 Å². The molecule has 0 spiro atoms. The Hall–Kier alpha value is -2.67. The van der Waals surface area contributed by atoms with Crippen molar-refractivity contribution in [3.63, 3.8) is 0 Å².